The fourth-order valence-electron chi connectivity index (χ4n) is 1.58. The van der Waals surface area contributed by atoms with Crippen LogP contribution in [0, 0.1) is 0 Å². The van der Waals surface area contributed by atoms with Gasteiger partial charge in [0.2, 0.25) is 0 Å². The first-order valence-electron chi connectivity index (χ1n) is 5.44. The van der Waals surface area contributed by atoms with E-state index in [4.69, 9.17) is 9.47 Å². The van der Waals surface area contributed by atoms with E-state index in [9.17, 15) is 5.11 Å². The zero-order valence-corrected chi connectivity index (χ0v) is 11.5. The molecule has 0 aromatic heterocycles. The Morgan fingerprint density at radius 2 is 1.89 bits per heavy atom. The van der Waals surface area contributed by atoms with Gasteiger partial charge in [-0.25, -0.2) is 0 Å². The first kappa shape index (κ1) is 12.8. The average molecular weight is 309 g/mol. The molecule has 0 radical (unpaired) electrons. The van der Waals surface area contributed by atoms with Gasteiger partial charge in [-0.3, -0.25) is 0 Å². The van der Waals surface area contributed by atoms with Crippen LogP contribution in [-0.2, 0) is 6.61 Å². The second-order valence-electron chi connectivity index (χ2n) is 3.73. The molecule has 0 heterocycles. The zero-order valence-electron chi connectivity index (χ0n) is 9.89. The van der Waals surface area contributed by atoms with E-state index in [1.165, 1.54) is 13.2 Å². The lowest BCUT2D eigenvalue weighted by Gasteiger charge is -2.13. The van der Waals surface area contributed by atoms with Crippen molar-refractivity contribution in [3.8, 4) is 17.2 Å². The smallest absolute Gasteiger partial charge is 0.176 e. The highest BCUT2D eigenvalue weighted by Crippen LogP contribution is 2.39. The normalized spacial score (nSPS) is 10.1. The molecule has 0 bridgehead atoms. The molecule has 1 N–H and O–H groups in total. The van der Waals surface area contributed by atoms with Crippen LogP contribution in [0.15, 0.2) is 46.9 Å². The molecular formula is C14H13BrO3. The quantitative estimate of drug-likeness (QED) is 0.935. The number of benzene rings is 2. The molecule has 0 atom stereocenters. The van der Waals surface area contributed by atoms with Crippen molar-refractivity contribution in [3.05, 3.63) is 52.5 Å². The summed E-state index contributed by atoms with van der Waals surface area (Å²) >= 11 is 3.35. The van der Waals surface area contributed by atoms with Crippen LogP contribution in [0.5, 0.6) is 17.2 Å². The van der Waals surface area contributed by atoms with Gasteiger partial charge in [-0.05, 0) is 27.6 Å². The molecule has 3 nitrogen and oxygen atoms in total. The third kappa shape index (κ3) is 2.96. The molecule has 0 spiro atoms. The summed E-state index contributed by atoms with van der Waals surface area (Å²) in [7, 11) is 1.54. The molecule has 0 aliphatic carbocycles. The molecule has 0 aliphatic heterocycles. The molecule has 2 rings (SSSR count). The topological polar surface area (TPSA) is 38.7 Å². The van der Waals surface area contributed by atoms with Crippen LogP contribution in [0.3, 0.4) is 0 Å². The first-order valence-corrected chi connectivity index (χ1v) is 6.23. The number of methoxy groups -OCH3 is 1. The molecule has 0 aliphatic rings. The zero-order chi connectivity index (χ0) is 13.0. The Morgan fingerprint density at radius 1 is 1.17 bits per heavy atom. The monoisotopic (exact) mass is 308 g/mol. The van der Waals surface area contributed by atoms with Crippen LogP contribution in [0.2, 0.25) is 0 Å². The minimum absolute atomic E-state index is 0.130. The Bertz CT molecular complexity index is 526. The number of phenolic OH excluding ortho intramolecular Hbond substituents is 1. The summed E-state index contributed by atoms with van der Waals surface area (Å²) in [6.45, 7) is 0.445. The standard InChI is InChI=1S/C14H13BrO3/c1-17-13-8-11(16)7-12(15)14(13)18-9-10-5-3-2-4-6-10/h2-8,16H,9H2,1H3. The highest BCUT2D eigenvalue weighted by atomic mass is 79.9. The van der Waals surface area contributed by atoms with Crippen molar-refractivity contribution < 1.29 is 14.6 Å². The Kier molecular flexibility index (Phi) is 4.10. The molecule has 94 valence electrons. The van der Waals surface area contributed by atoms with Gasteiger partial charge >= 0.3 is 0 Å². The highest BCUT2D eigenvalue weighted by molar-refractivity contribution is 9.10. The van der Waals surface area contributed by atoms with E-state index in [1.54, 1.807) is 6.07 Å². The van der Waals surface area contributed by atoms with E-state index in [0.29, 0.717) is 22.6 Å². The van der Waals surface area contributed by atoms with Gasteiger partial charge in [0, 0.05) is 6.07 Å². The number of halogens is 1. The molecule has 0 saturated carbocycles. The SMILES string of the molecule is COc1cc(O)cc(Br)c1OCc1ccccc1. The van der Waals surface area contributed by atoms with Crippen LogP contribution in [-0.4, -0.2) is 12.2 Å². The predicted molar refractivity (Wildman–Crippen MR) is 73.1 cm³/mol. The Balaban J connectivity index is 2.19. The van der Waals surface area contributed by atoms with E-state index < -0.39 is 0 Å². The minimum atomic E-state index is 0.130. The molecule has 0 unspecified atom stereocenters. The van der Waals surface area contributed by atoms with Crippen molar-refractivity contribution in [2.24, 2.45) is 0 Å². The van der Waals surface area contributed by atoms with Crippen molar-refractivity contribution in [2.45, 2.75) is 6.61 Å². The van der Waals surface area contributed by atoms with Crippen LogP contribution in [0.4, 0.5) is 0 Å². The number of rotatable bonds is 4. The maximum atomic E-state index is 9.47. The lowest BCUT2D eigenvalue weighted by molar-refractivity contribution is 0.281. The van der Waals surface area contributed by atoms with E-state index >= 15 is 0 Å². The van der Waals surface area contributed by atoms with Gasteiger partial charge in [0.1, 0.15) is 12.4 Å². The Hall–Kier alpha value is -1.68. The number of ether oxygens (including phenoxy) is 2. The molecule has 0 amide bonds. The van der Waals surface area contributed by atoms with Crippen molar-refractivity contribution in [1.29, 1.82) is 0 Å². The van der Waals surface area contributed by atoms with Gasteiger partial charge in [0.05, 0.1) is 11.6 Å². The summed E-state index contributed by atoms with van der Waals surface area (Å²) in [6.07, 6.45) is 0. The summed E-state index contributed by atoms with van der Waals surface area (Å²) in [5.74, 6) is 1.21. The van der Waals surface area contributed by atoms with Gasteiger partial charge in [0.25, 0.3) is 0 Å². The maximum Gasteiger partial charge on any atom is 0.176 e. The first-order chi connectivity index (χ1) is 8.70. The summed E-state index contributed by atoms with van der Waals surface area (Å²) in [4.78, 5) is 0. The summed E-state index contributed by atoms with van der Waals surface area (Å²) in [5, 5.41) is 9.47. The molecule has 18 heavy (non-hydrogen) atoms. The van der Waals surface area contributed by atoms with E-state index in [-0.39, 0.29) is 5.75 Å². The highest BCUT2D eigenvalue weighted by Gasteiger charge is 2.11. The second-order valence-corrected chi connectivity index (χ2v) is 4.59. The predicted octanol–water partition coefficient (Wildman–Crippen LogP) is 3.74. The third-order valence-electron chi connectivity index (χ3n) is 2.44. The fraction of sp³-hybridized carbons (Fsp3) is 0.143. The summed E-state index contributed by atoms with van der Waals surface area (Å²) in [5.41, 5.74) is 1.07. The maximum absolute atomic E-state index is 9.47. The molecule has 2 aromatic rings. The Labute approximate surface area is 114 Å². The van der Waals surface area contributed by atoms with E-state index in [0.717, 1.165) is 5.56 Å². The largest absolute Gasteiger partial charge is 0.508 e. The molecule has 0 fully saturated rings. The van der Waals surface area contributed by atoms with Gasteiger partial charge in [-0.2, -0.15) is 0 Å². The molecule has 2 aromatic carbocycles. The molecule has 0 saturated heterocycles. The average Bonchev–Trinajstić information content (AvgIpc) is 2.38. The van der Waals surface area contributed by atoms with Crippen LogP contribution in [0.25, 0.3) is 0 Å². The van der Waals surface area contributed by atoms with Gasteiger partial charge in [-0.15, -0.1) is 0 Å². The van der Waals surface area contributed by atoms with Gasteiger partial charge in [-0.1, -0.05) is 30.3 Å². The van der Waals surface area contributed by atoms with E-state index in [1.807, 2.05) is 30.3 Å². The molecular weight excluding hydrogens is 296 g/mol. The van der Waals surface area contributed by atoms with Crippen LogP contribution < -0.4 is 9.47 Å². The van der Waals surface area contributed by atoms with Gasteiger partial charge < -0.3 is 14.6 Å². The van der Waals surface area contributed by atoms with Crippen molar-refractivity contribution >= 4 is 15.9 Å². The van der Waals surface area contributed by atoms with Crippen molar-refractivity contribution in [3.63, 3.8) is 0 Å². The minimum Gasteiger partial charge on any atom is -0.508 e. The van der Waals surface area contributed by atoms with E-state index in [2.05, 4.69) is 15.9 Å². The lowest BCUT2D eigenvalue weighted by Crippen LogP contribution is -1.98. The fourth-order valence-corrected chi connectivity index (χ4v) is 2.12. The number of hydrogen-bond donors (Lipinski definition) is 1. The number of hydrogen-bond acceptors (Lipinski definition) is 3. The number of phenols is 1. The molecule has 4 heteroatoms. The lowest BCUT2D eigenvalue weighted by atomic mass is 10.2. The number of aromatic hydroxyl groups is 1. The van der Waals surface area contributed by atoms with Crippen molar-refractivity contribution in [1.82, 2.24) is 0 Å². The third-order valence-corrected chi connectivity index (χ3v) is 3.03. The summed E-state index contributed by atoms with van der Waals surface area (Å²) < 4.78 is 11.6. The second kappa shape index (κ2) is 5.78. The summed E-state index contributed by atoms with van der Waals surface area (Å²) in [6, 6.07) is 12.9. The Morgan fingerprint density at radius 3 is 2.56 bits per heavy atom. The van der Waals surface area contributed by atoms with Crippen LogP contribution in [0.1, 0.15) is 5.56 Å². The van der Waals surface area contributed by atoms with Crippen molar-refractivity contribution in [2.75, 3.05) is 7.11 Å². The van der Waals surface area contributed by atoms with Crippen LogP contribution >= 0.6 is 15.9 Å². The van der Waals surface area contributed by atoms with Gasteiger partial charge in [0.15, 0.2) is 11.5 Å².